The number of ether oxygens (including phenoxy) is 1. The molecule has 1 heterocycles. The van der Waals surface area contributed by atoms with Gasteiger partial charge in [-0.2, -0.15) is 0 Å². The monoisotopic (exact) mass is 250 g/mol. The van der Waals surface area contributed by atoms with Crippen LogP contribution < -0.4 is 9.64 Å². The fourth-order valence-corrected chi connectivity index (χ4v) is 2.52. The van der Waals surface area contributed by atoms with Gasteiger partial charge in [-0.1, -0.05) is 6.07 Å². The number of benzene rings is 1. The number of aliphatic hydroxyl groups excluding tert-OH is 1. The first-order chi connectivity index (χ1) is 8.61. The lowest BCUT2D eigenvalue weighted by atomic mass is 9.99. The van der Waals surface area contributed by atoms with Gasteiger partial charge in [0.1, 0.15) is 5.75 Å². The van der Waals surface area contributed by atoms with Crippen molar-refractivity contribution in [3.63, 3.8) is 0 Å². The first-order valence-corrected chi connectivity index (χ1v) is 6.28. The van der Waals surface area contributed by atoms with E-state index in [0.29, 0.717) is 0 Å². The Balaban J connectivity index is 2.17. The van der Waals surface area contributed by atoms with E-state index in [9.17, 15) is 5.11 Å². The van der Waals surface area contributed by atoms with Crippen LogP contribution in [0.4, 0.5) is 5.69 Å². The topological polar surface area (TPSA) is 35.9 Å². The van der Waals surface area contributed by atoms with Crippen LogP contribution in [0.25, 0.3) is 0 Å². The Kier molecular flexibility index (Phi) is 3.78. The van der Waals surface area contributed by atoms with Gasteiger partial charge < -0.3 is 14.7 Å². The molecule has 0 radical (unpaired) electrons. The van der Waals surface area contributed by atoms with Gasteiger partial charge in [0.15, 0.2) is 0 Å². The highest BCUT2D eigenvalue weighted by Crippen LogP contribution is 2.31. The molecule has 0 aliphatic carbocycles. The van der Waals surface area contributed by atoms with Crippen molar-refractivity contribution in [3.05, 3.63) is 24.3 Å². The molecule has 1 aromatic carbocycles. The first-order valence-electron chi connectivity index (χ1n) is 6.28. The molecule has 4 nitrogen and oxygen atoms in total. The summed E-state index contributed by atoms with van der Waals surface area (Å²) < 4.78 is 5.25. The Labute approximate surface area is 109 Å². The maximum Gasteiger partial charge on any atom is 0.120 e. The van der Waals surface area contributed by atoms with E-state index >= 15 is 0 Å². The number of likely N-dealkylation sites (N-methyl/N-ethyl adjacent to an activating group) is 1. The summed E-state index contributed by atoms with van der Waals surface area (Å²) in [5.41, 5.74) is 1.04. The summed E-state index contributed by atoms with van der Waals surface area (Å²) in [5.74, 6) is 0.874. The zero-order valence-electron chi connectivity index (χ0n) is 11.4. The van der Waals surface area contributed by atoms with Crippen molar-refractivity contribution in [2.45, 2.75) is 12.0 Å². The van der Waals surface area contributed by atoms with E-state index < -0.39 is 0 Å². The summed E-state index contributed by atoms with van der Waals surface area (Å²) in [5, 5.41) is 9.66. The Morgan fingerprint density at radius 2 is 2.22 bits per heavy atom. The quantitative estimate of drug-likeness (QED) is 0.871. The van der Waals surface area contributed by atoms with Crippen LogP contribution in [0, 0.1) is 0 Å². The molecule has 1 saturated heterocycles. The summed E-state index contributed by atoms with van der Waals surface area (Å²) >= 11 is 0. The average Bonchev–Trinajstić information content (AvgIpc) is 2.84. The minimum atomic E-state index is -0.122. The normalized spacial score (nSPS) is 23.7. The number of hydrogen-bond donors (Lipinski definition) is 1. The van der Waals surface area contributed by atoms with Crippen LogP contribution in [0.1, 0.15) is 6.42 Å². The predicted molar refractivity (Wildman–Crippen MR) is 73.3 cm³/mol. The molecule has 100 valence electrons. The second kappa shape index (κ2) is 5.16. The smallest absolute Gasteiger partial charge is 0.120 e. The zero-order chi connectivity index (χ0) is 13.2. The van der Waals surface area contributed by atoms with Crippen molar-refractivity contribution in [2.75, 3.05) is 45.8 Å². The Morgan fingerprint density at radius 3 is 2.78 bits per heavy atom. The lowest BCUT2D eigenvalue weighted by Gasteiger charge is -2.34. The van der Waals surface area contributed by atoms with E-state index in [-0.39, 0.29) is 12.1 Å². The van der Waals surface area contributed by atoms with Crippen molar-refractivity contribution in [1.29, 1.82) is 0 Å². The molecule has 0 amide bonds. The molecule has 0 saturated carbocycles. The second-order valence-electron chi connectivity index (χ2n) is 5.15. The van der Waals surface area contributed by atoms with Crippen molar-refractivity contribution >= 4 is 5.69 Å². The summed E-state index contributed by atoms with van der Waals surface area (Å²) in [6.07, 6.45) is 0.980. The average molecular weight is 250 g/mol. The van der Waals surface area contributed by atoms with E-state index in [0.717, 1.165) is 30.9 Å². The SMILES string of the molecule is COc1cccc(N2CCC(CO)(N(C)C)C2)c1. The van der Waals surface area contributed by atoms with Crippen molar-refractivity contribution < 1.29 is 9.84 Å². The predicted octanol–water partition coefficient (Wildman–Crippen LogP) is 1.20. The lowest BCUT2D eigenvalue weighted by molar-refractivity contribution is 0.0867. The molecule has 1 unspecified atom stereocenters. The number of nitrogens with zero attached hydrogens (tertiary/aromatic N) is 2. The van der Waals surface area contributed by atoms with Crippen LogP contribution >= 0.6 is 0 Å². The molecule has 0 bridgehead atoms. The molecule has 2 rings (SSSR count). The van der Waals surface area contributed by atoms with E-state index in [4.69, 9.17) is 4.74 Å². The third-order valence-corrected chi connectivity index (χ3v) is 3.99. The van der Waals surface area contributed by atoms with Gasteiger partial charge in [0.25, 0.3) is 0 Å². The third-order valence-electron chi connectivity index (χ3n) is 3.99. The first kappa shape index (κ1) is 13.2. The van der Waals surface area contributed by atoms with Crippen LogP contribution in [0.3, 0.4) is 0 Å². The molecule has 1 aliphatic heterocycles. The molecular formula is C14H22N2O2. The highest BCUT2D eigenvalue weighted by molar-refractivity contribution is 5.52. The van der Waals surface area contributed by atoms with Crippen molar-refractivity contribution in [1.82, 2.24) is 4.90 Å². The van der Waals surface area contributed by atoms with Gasteiger partial charge >= 0.3 is 0 Å². The van der Waals surface area contributed by atoms with E-state index in [2.05, 4.69) is 15.9 Å². The molecule has 1 fully saturated rings. The van der Waals surface area contributed by atoms with Gasteiger partial charge in [-0.3, -0.25) is 4.90 Å². The largest absolute Gasteiger partial charge is 0.497 e. The summed E-state index contributed by atoms with van der Waals surface area (Å²) in [7, 11) is 5.75. The number of hydrogen-bond acceptors (Lipinski definition) is 4. The number of rotatable bonds is 4. The Bertz CT molecular complexity index is 409. The number of anilines is 1. The molecule has 1 aromatic rings. The summed E-state index contributed by atoms with van der Waals surface area (Å²) in [6, 6.07) is 8.09. The third kappa shape index (κ3) is 2.31. The standard InChI is InChI=1S/C14H22N2O2/c1-15(2)14(11-17)7-8-16(10-14)12-5-4-6-13(9-12)18-3/h4-6,9,17H,7-8,10-11H2,1-3H3. The van der Waals surface area contributed by atoms with E-state index in [1.807, 2.05) is 32.3 Å². The van der Waals surface area contributed by atoms with Crippen LogP contribution in [0.2, 0.25) is 0 Å². The van der Waals surface area contributed by atoms with Gasteiger partial charge in [-0.05, 0) is 32.6 Å². The van der Waals surface area contributed by atoms with Gasteiger partial charge in [-0.25, -0.2) is 0 Å². The highest BCUT2D eigenvalue weighted by atomic mass is 16.5. The second-order valence-corrected chi connectivity index (χ2v) is 5.15. The van der Waals surface area contributed by atoms with Crippen molar-refractivity contribution in [3.8, 4) is 5.75 Å². The minimum absolute atomic E-state index is 0.122. The molecule has 18 heavy (non-hydrogen) atoms. The fraction of sp³-hybridized carbons (Fsp3) is 0.571. The highest BCUT2D eigenvalue weighted by Gasteiger charge is 2.39. The van der Waals surface area contributed by atoms with Gasteiger partial charge in [0.2, 0.25) is 0 Å². The number of aliphatic hydroxyl groups is 1. The lowest BCUT2D eigenvalue weighted by Crippen LogP contribution is -2.49. The molecule has 1 atom stereocenters. The van der Waals surface area contributed by atoms with Gasteiger partial charge in [0, 0.05) is 24.8 Å². The maximum atomic E-state index is 9.66. The van der Waals surface area contributed by atoms with Crippen LogP contribution in [-0.4, -0.2) is 56.4 Å². The van der Waals surface area contributed by atoms with Gasteiger partial charge in [-0.15, -0.1) is 0 Å². The molecule has 0 aromatic heterocycles. The molecule has 1 aliphatic rings. The molecule has 1 N–H and O–H groups in total. The molecule has 4 heteroatoms. The van der Waals surface area contributed by atoms with Crippen molar-refractivity contribution in [2.24, 2.45) is 0 Å². The number of methoxy groups -OCH3 is 1. The van der Waals surface area contributed by atoms with Gasteiger partial charge in [0.05, 0.1) is 19.3 Å². The van der Waals surface area contributed by atoms with E-state index in [1.165, 1.54) is 0 Å². The minimum Gasteiger partial charge on any atom is -0.497 e. The van der Waals surface area contributed by atoms with Crippen LogP contribution in [0.5, 0.6) is 5.75 Å². The molecular weight excluding hydrogens is 228 g/mol. The Hall–Kier alpha value is -1.26. The molecule has 0 spiro atoms. The fourth-order valence-electron chi connectivity index (χ4n) is 2.52. The Morgan fingerprint density at radius 1 is 1.44 bits per heavy atom. The van der Waals surface area contributed by atoms with E-state index in [1.54, 1.807) is 7.11 Å². The zero-order valence-corrected chi connectivity index (χ0v) is 11.4. The summed E-state index contributed by atoms with van der Waals surface area (Å²) in [6.45, 7) is 2.01. The van der Waals surface area contributed by atoms with Crippen LogP contribution in [-0.2, 0) is 0 Å². The van der Waals surface area contributed by atoms with Crippen LogP contribution in [0.15, 0.2) is 24.3 Å². The summed E-state index contributed by atoms with van der Waals surface area (Å²) in [4.78, 5) is 4.44. The maximum absolute atomic E-state index is 9.66.